The van der Waals surface area contributed by atoms with Crippen molar-refractivity contribution in [3.8, 4) is 11.1 Å². The van der Waals surface area contributed by atoms with E-state index in [1.165, 1.54) is 11.1 Å². The lowest BCUT2D eigenvalue weighted by molar-refractivity contribution is 0.0988. The molecule has 0 aliphatic rings. The zero-order valence-corrected chi connectivity index (χ0v) is 10.9. The Hall–Kier alpha value is -1.89. The number of carbonyl (C=O) groups is 1. The smallest absolute Gasteiger partial charge is 0.162 e. The van der Waals surface area contributed by atoms with Crippen LogP contribution in [0.1, 0.15) is 36.2 Å². The molecule has 2 aromatic rings. The molecule has 18 heavy (non-hydrogen) atoms. The number of carbonyl (C=O) groups excluding carboxylic acids is 1. The molecular weight excluding hydrogens is 220 g/mol. The van der Waals surface area contributed by atoms with Crippen molar-refractivity contribution >= 4 is 5.78 Å². The van der Waals surface area contributed by atoms with Gasteiger partial charge in [0.25, 0.3) is 0 Å². The Morgan fingerprint density at radius 2 is 1.67 bits per heavy atom. The van der Waals surface area contributed by atoms with E-state index < -0.39 is 0 Å². The van der Waals surface area contributed by atoms with Crippen molar-refractivity contribution in [3.05, 3.63) is 59.7 Å². The topological polar surface area (TPSA) is 17.1 Å². The van der Waals surface area contributed by atoms with E-state index in [2.05, 4.69) is 31.2 Å². The molecule has 0 saturated heterocycles. The molecule has 0 saturated carbocycles. The average Bonchev–Trinajstić information content (AvgIpc) is 2.46. The third kappa shape index (κ3) is 2.67. The maximum absolute atomic E-state index is 11.6. The van der Waals surface area contributed by atoms with Crippen molar-refractivity contribution in [2.45, 2.75) is 26.7 Å². The summed E-state index contributed by atoms with van der Waals surface area (Å²) in [6.07, 6.45) is 1.60. The number of hydrogen-bond donors (Lipinski definition) is 0. The lowest BCUT2D eigenvalue weighted by atomic mass is 9.99. The van der Waals surface area contributed by atoms with Gasteiger partial charge in [0.2, 0.25) is 0 Å². The number of aryl methyl sites for hydroxylation is 1. The van der Waals surface area contributed by atoms with Crippen molar-refractivity contribution in [1.29, 1.82) is 0 Å². The molecule has 0 amide bonds. The van der Waals surface area contributed by atoms with Crippen molar-refractivity contribution in [3.63, 3.8) is 0 Å². The summed E-state index contributed by atoms with van der Waals surface area (Å²) in [5, 5.41) is 0. The van der Waals surface area contributed by atoms with Gasteiger partial charge in [0.05, 0.1) is 0 Å². The first kappa shape index (κ1) is 12.6. The highest BCUT2D eigenvalue weighted by atomic mass is 16.1. The quantitative estimate of drug-likeness (QED) is 0.716. The molecule has 0 unspecified atom stereocenters. The Kier molecular flexibility index (Phi) is 3.93. The van der Waals surface area contributed by atoms with Gasteiger partial charge in [-0.3, -0.25) is 4.79 Å². The van der Waals surface area contributed by atoms with Crippen LogP contribution in [0.25, 0.3) is 11.1 Å². The number of Topliss-reactive ketones (excluding diaryl/α,β-unsaturated/α-hetero) is 1. The summed E-state index contributed by atoms with van der Waals surface area (Å²) in [6, 6.07) is 16.4. The lowest BCUT2D eigenvalue weighted by Gasteiger charge is -2.05. The molecule has 0 aliphatic heterocycles. The first-order valence-corrected chi connectivity index (χ1v) is 6.47. The molecule has 0 aromatic heterocycles. The molecule has 1 nitrogen and oxygen atoms in total. The predicted octanol–water partition coefficient (Wildman–Crippen LogP) is 4.51. The minimum absolute atomic E-state index is 0.198. The zero-order chi connectivity index (χ0) is 13.0. The summed E-state index contributed by atoms with van der Waals surface area (Å²) in [7, 11) is 0. The second-order valence-electron chi connectivity index (χ2n) is 4.41. The van der Waals surface area contributed by atoms with Crippen molar-refractivity contribution < 1.29 is 4.79 Å². The molecule has 1 heteroatoms. The van der Waals surface area contributed by atoms with Gasteiger partial charge in [-0.1, -0.05) is 62.4 Å². The molecule has 0 radical (unpaired) electrons. The fourth-order valence-electron chi connectivity index (χ4n) is 2.02. The van der Waals surface area contributed by atoms with Crippen LogP contribution >= 0.6 is 0 Å². The van der Waals surface area contributed by atoms with Gasteiger partial charge in [-0.2, -0.15) is 0 Å². The average molecular weight is 238 g/mol. The Balaban J connectivity index is 2.31. The van der Waals surface area contributed by atoms with Crippen LogP contribution in [0.15, 0.2) is 48.5 Å². The normalized spacial score (nSPS) is 10.3. The minimum atomic E-state index is 0.198. The summed E-state index contributed by atoms with van der Waals surface area (Å²) in [5.74, 6) is 0.198. The Labute approximate surface area is 108 Å². The van der Waals surface area contributed by atoms with Crippen LogP contribution in [0.3, 0.4) is 0 Å². The predicted molar refractivity (Wildman–Crippen MR) is 75.9 cm³/mol. The van der Waals surface area contributed by atoms with E-state index in [4.69, 9.17) is 0 Å². The number of benzene rings is 2. The van der Waals surface area contributed by atoms with Gasteiger partial charge < -0.3 is 0 Å². The molecule has 0 bridgehead atoms. The highest BCUT2D eigenvalue weighted by Gasteiger charge is 2.03. The van der Waals surface area contributed by atoms with E-state index in [1.54, 1.807) is 0 Å². The summed E-state index contributed by atoms with van der Waals surface area (Å²) in [5.41, 5.74) is 4.51. The second-order valence-corrected chi connectivity index (χ2v) is 4.41. The van der Waals surface area contributed by atoms with Gasteiger partial charge in [0.1, 0.15) is 0 Å². The first-order valence-electron chi connectivity index (χ1n) is 6.47. The van der Waals surface area contributed by atoms with Gasteiger partial charge in [-0.05, 0) is 23.1 Å². The molecule has 0 aliphatic carbocycles. The maximum Gasteiger partial charge on any atom is 0.162 e. The molecule has 0 spiro atoms. The monoisotopic (exact) mass is 238 g/mol. The highest BCUT2D eigenvalue weighted by Crippen LogP contribution is 2.21. The minimum Gasteiger partial charge on any atom is -0.294 e. The van der Waals surface area contributed by atoms with Crippen LogP contribution in [-0.4, -0.2) is 5.78 Å². The Morgan fingerprint density at radius 3 is 2.28 bits per heavy atom. The summed E-state index contributed by atoms with van der Waals surface area (Å²) < 4.78 is 0. The van der Waals surface area contributed by atoms with E-state index in [1.807, 2.05) is 31.2 Å². The van der Waals surface area contributed by atoms with Crippen LogP contribution < -0.4 is 0 Å². The molecule has 2 rings (SSSR count). The van der Waals surface area contributed by atoms with Crippen molar-refractivity contribution in [1.82, 2.24) is 0 Å². The van der Waals surface area contributed by atoms with Crippen LogP contribution in [0.5, 0.6) is 0 Å². The van der Waals surface area contributed by atoms with Gasteiger partial charge in [-0.25, -0.2) is 0 Å². The highest BCUT2D eigenvalue weighted by molar-refractivity contribution is 5.96. The van der Waals surface area contributed by atoms with Gasteiger partial charge >= 0.3 is 0 Å². The van der Waals surface area contributed by atoms with Crippen LogP contribution in [0.4, 0.5) is 0 Å². The molecule has 92 valence electrons. The third-order valence-corrected chi connectivity index (χ3v) is 3.20. The van der Waals surface area contributed by atoms with E-state index in [9.17, 15) is 4.79 Å². The van der Waals surface area contributed by atoms with E-state index in [0.29, 0.717) is 6.42 Å². The molecular formula is C17H18O. The van der Waals surface area contributed by atoms with Crippen LogP contribution in [0, 0.1) is 0 Å². The number of hydrogen-bond acceptors (Lipinski definition) is 1. The number of ketones is 1. The maximum atomic E-state index is 11.6. The van der Waals surface area contributed by atoms with Gasteiger partial charge in [0.15, 0.2) is 5.78 Å². The third-order valence-electron chi connectivity index (χ3n) is 3.20. The fourth-order valence-corrected chi connectivity index (χ4v) is 2.02. The van der Waals surface area contributed by atoms with Crippen molar-refractivity contribution in [2.24, 2.45) is 0 Å². The molecule has 0 N–H and O–H groups in total. The van der Waals surface area contributed by atoms with Gasteiger partial charge in [-0.15, -0.1) is 0 Å². The van der Waals surface area contributed by atoms with Crippen LogP contribution in [0.2, 0.25) is 0 Å². The fraction of sp³-hybridized carbons (Fsp3) is 0.235. The van der Waals surface area contributed by atoms with E-state index >= 15 is 0 Å². The lowest BCUT2D eigenvalue weighted by Crippen LogP contribution is -1.95. The van der Waals surface area contributed by atoms with E-state index in [-0.39, 0.29) is 5.78 Å². The van der Waals surface area contributed by atoms with Crippen LogP contribution in [-0.2, 0) is 6.42 Å². The first-order chi connectivity index (χ1) is 8.74. The number of rotatable bonds is 4. The summed E-state index contributed by atoms with van der Waals surface area (Å²) >= 11 is 0. The van der Waals surface area contributed by atoms with Gasteiger partial charge in [0, 0.05) is 12.0 Å². The zero-order valence-electron chi connectivity index (χ0n) is 10.9. The standard InChI is InChI=1S/C17H18O/c1-3-13-6-5-7-16(12-13)14-8-10-15(11-9-14)17(18)4-2/h5-12H,3-4H2,1-2H3. The molecule has 0 atom stereocenters. The summed E-state index contributed by atoms with van der Waals surface area (Å²) in [6.45, 7) is 4.04. The van der Waals surface area contributed by atoms with Crippen molar-refractivity contribution in [2.75, 3.05) is 0 Å². The Morgan fingerprint density at radius 1 is 0.944 bits per heavy atom. The molecule has 0 fully saturated rings. The largest absolute Gasteiger partial charge is 0.294 e. The molecule has 0 heterocycles. The summed E-state index contributed by atoms with van der Waals surface area (Å²) in [4.78, 5) is 11.6. The second kappa shape index (κ2) is 5.63. The Bertz CT molecular complexity index is 538. The molecule has 2 aromatic carbocycles. The SMILES string of the molecule is CCC(=O)c1ccc(-c2cccc(CC)c2)cc1. The van der Waals surface area contributed by atoms with E-state index in [0.717, 1.165) is 17.5 Å².